The van der Waals surface area contributed by atoms with Crippen LogP contribution in [0.25, 0.3) is 0 Å². The maximum absolute atomic E-state index is 12.8. The first-order valence-corrected chi connectivity index (χ1v) is 8.61. The molecule has 1 aromatic rings. The van der Waals surface area contributed by atoms with Crippen LogP contribution in [0.15, 0.2) is 30.3 Å². The lowest BCUT2D eigenvalue weighted by molar-refractivity contribution is -0.143. The first kappa shape index (κ1) is 17.9. The molecule has 4 amide bonds. The number of carbonyl (C=O) groups is 4. The third kappa shape index (κ3) is 3.54. The predicted octanol–water partition coefficient (Wildman–Crippen LogP) is 0.790. The van der Waals surface area contributed by atoms with Crippen molar-refractivity contribution in [3.63, 3.8) is 0 Å². The van der Waals surface area contributed by atoms with Crippen molar-refractivity contribution >= 4 is 23.8 Å². The van der Waals surface area contributed by atoms with E-state index in [4.69, 9.17) is 10.5 Å². The summed E-state index contributed by atoms with van der Waals surface area (Å²) in [5.41, 5.74) is 6.13. The zero-order valence-electron chi connectivity index (χ0n) is 14.3. The molecule has 26 heavy (non-hydrogen) atoms. The smallest absolute Gasteiger partial charge is 0.417 e. The fourth-order valence-electron chi connectivity index (χ4n) is 3.45. The topological polar surface area (TPSA) is 110 Å². The molecular weight excluding hydrogens is 338 g/mol. The first-order valence-electron chi connectivity index (χ1n) is 8.61. The van der Waals surface area contributed by atoms with Gasteiger partial charge in [0, 0.05) is 13.0 Å². The number of hydrogen-bond donors (Lipinski definition) is 1. The number of nitrogens with two attached hydrogens (primary N) is 1. The van der Waals surface area contributed by atoms with E-state index in [9.17, 15) is 19.2 Å². The Bertz CT molecular complexity index is 721. The van der Waals surface area contributed by atoms with E-state index in [1.807, 2.05) is 18.2 Å². The molecule has 0 saturated carbocycles. The van der Waals surface area contributed by atoms with Crippen LogP contribution in [0.5, 0.6) is 0 Å². The van der Waals surface area contributed by atoms with Crippen molar-refractivity contribution in [1.29, 1.82) is 0 Å². The van der Waals surface area contributed by atoms with Gasteiger partial charge in [0.05, 0.1) is 0 Å². The number of primary amides is 1. The summed E-state index contributed by atoms with van der Waals surface area (Å²) in [5, 5.41) is 0. The fourth-order valence-corrected chi connectivity index (χ4v) is 3.45. The van der Waals surface area contributed by atoms with Crippen LogP contribution < -0.4 is 5.73 Å². The van der Waals surface area contributed by atoms with Crippen LogP contribution in [-0.2, 0) is 25.7 Å². The highest BCUT2D eigenvalue weighted by Gasteiger charge is 2.45. The molecule has 2 fully saturated rings. The second kappa shape index (κ2) is 7.55. The average Bonchev–Trinajstić information content (AvgIpc) is 3.27. The molecule has 0 aromatic heterocycles. The lowest BCUT2D eigenvalue weighted by atomic mass is 10.1. The molecule has 1 aromatic carbocycles. The minimum atomic E-state index is -0.939. The Labute approximate surface area is 150 Å². The third-order valence-corrected chi connectivity index (χ3v) is 4.76. The highest BCUT2D eigenvalue weighted by atomic mass is 16.6. The minimum absolute atomic E-state index is 0.0119. The Morgan fingerprint density at radius 1 is 1.12 bits per heavy atom. The van der Waals surface area contributed by atoms with Crippen LogP contribution in [0, 0.1) is 0 Å². The SMILES string of the molecule is NC(=O)C1CCCN1C(=O)C1CCC(=O)N1C(=O)OCc1ccccc1. The second-order valence-electron chi connectivity index (χ2n) is 6.45. The van der Waals surface area contributed by atoms with Gasteiger partial charge < -0.3 is 15.4 Å². The molecule has 0 spiro atoms. The summed E-state index contributed by atoms with van der Waals surface area (Å²) in [6.45, 7) is 0.405. The summed E-state index contributed by atoms with van der Waals surface area (Å²) in [6.07, 6.45) is 0.634. The number of hydrogen-bond acceptors (Lipinski definition) is 5. The molecule has 0 bridgehead atoms. The van der Waals surface area contributed by atoms with E-state index >= 15 is 0 Å². The summed E-state index contributed by atoms with van der Waals surface area (Å²) in [5.74, 6) is -1.44. The molecule has 2 aliphatic heterocycles. The average molecular weight is 359 g/mol. The summed E-state index contributed by atoms with van der Waals surface area (Å²) < 4.78 is 5.20. The molecule has 2 unspecified atom stereocenters. The van der Waals surface area contributed by atoms with Crippen LogP contribution in [0.1, 0.15) is 31.2 Å². The standard InChI is InChI=1S/C18H21N3O5/c19-16(23)13-7-4-10-20(13)17(24)14-8-9-15(22)21(14)18(25)26-11-12-5-2-1-3-6-12/h1-3,5-6,13-14H,4,7-11H2,(H2,19,23). The molecule has 3 rings (SSSR count). The van der Waals surface area contributed by atoms with Crippen molar-refractivity contribution < 1.29 is 23.9 Å². The third-order valence-electron chi connectivity index (χ3n) is 4.76. The molecule has 2 aliphatic rings. The quantitative estimate of drug-likeness (QED) is 0.855. The monoisotopic (exact) mass is 359 g/mol. The summed E-state index contributed by atoms with van der Waals surface area (Å²) in [4.78, 5) is 51.1. The van der Waals surface area contributed by atoms with Gasteiger partial charge in [0.25, 0.3) is 0 Å². The van der Waals surface area contributed by atoms with Gasteiger partial charge in [-0.1, -0.05) is 30.3 Å². The van der Waals surface area contributed by atoms with Crippen molar-refractivity contribution in [2.24, 2.45) is 5.73 Å². The van der Waals surface area contributed by atoms with Crippen molar-refractivity contribution in [3.05, 3.63) is 35.9 Å². The van der Waals surface area contributed by atoms with Crippen LogP contribution in [0.4, 0.5) is 4.79 Å². The molecule has 8 heteroatoms. The van der Waals surface area contributed by atoms with Gasteiger partial charge in [0.15, 0.2) is 0 Å². The summed E-state index contributed by atoms with van der Waals surface area (Å²) in [7, 11) is 0. The Balaban J connectivity index is 1.69. The zero-order valence-corrected chi connectivity index (χ0v) is 14.3. The lowest BCUT2D eigenvalue weighted by Crippen LogP contribution is -2.53. The van der Waals surface area contributed by atoms with E-state index in [0.29, 0.717) is 19.4 Å². The van der Waals surface area contributed by atoms with E-state index in [2.05, 4.69) is 0 Å². The number of imide groups is 1. The van der Waals surface area contributed by atoms with Crippen LogP contribution in [0.3, 0.4) is 0 Å². The maximum Gasteiger partial charge on any atom is 0.417 e. The summed E-state index contributed by atoms with van der Waals surface area (Å²) >= 11 is 0. The number of carbonyl (C=O) groups excluding carboxylic acids is 4. The van der Waals surface area contributed by atoms with E-state index < -0.39 is 35.9 Å². The maximum atomic E-state index is 12.8. The highest BCUT2D eigenvalue weighted by molar-refractivity contribution is 6.01. The van der Waals surface area contributed by atoms with Gasteiger partial charge in [0.2, 0.25) is 17.7 Å². The van der Waals surface area contributed by atoms with Crippen molar-refractivity contribution in [2.75, 3.05) is 6.54 Å². The first-order chi connectivity index (χ1) is 12.5. The van der Waals surface area contributed by atoms with Gasteiger partial charge >= 0.3 is 6.09 Å². The number of benzene rings is 1. The molecule has 0 radical (unpaired) electrons. The van der Waals surface area contributed by atoms with Gasteiger partial charge in [-0.3, -0.25) is 14.4 Å². The summed E-state index contributed by atoms with van der Waals surface area (Å²) in [6, 6.07) is 7.44. The van der Waals surface area contributed by atoms with E-state index in [0.717, 1.165) is 10.5 Å². The van der Waals surface area contributed by atoms with Gasteiger partial charge in [-0.15, -0.1) is 0 Å². The zero-order chi connectivity index (χ0) is 18.7. The Morgan fingerprint density at radius 3 is 2.54 bits per heavy atom. The predicted molar refractivity (Wildman–Crippen MR) is 90.4 cm³/mol. The number of likely N-dealkylation sites (tertiary alicyclic amines) is 2. The molecule has 2 N–H and O–H groups in total. The number of nitrogens with zero attached hydrogens (tertiary/aromatic N) is 2. The normalized spacial score (nSPS) is 22.5. The molecule has 8 nitrogen and oxygen atoms in total. The lowest BCUT2D eigenvalue weighted by Gasteiger charge is -2.28. The molecule has 0 aliphatic carbocycles. The number of ether oxygens (including phenoxy) is 1. The highest BCUT2D eigenvalue weighted by Crippen LogP contribution is 2.26. The van der Waals surface area contributed by atoms with Crippen LogP contribution >= 0.6 is 0 Å². The molecule has 2 atom stereocenters. The minimum Gasteiger partial charge on any atom is -0.444 e. The molecule has 2 heterocycles. The molecule has 138 valence electrons. The Morgan fingerprint density at radius 2 is 1.85 bits per heavy atom. The van der Waals surface area contributed by atoms with E-state index in [1.54, 1.807) is 12.1 Å². The van der Waals surface area contributed by atoms with Gasteiger partial charge in [-0.2, -0.15) is 0 Å². The van der Waals surface area contributed by atoms with Crippen LogP contribution in [-0.4, -0.2) is 52.2 Å². The number of amides is 4. The van der Waals surface area contributed by atoms with Crippen molar-refractivity contribution in [2.45, 2.75) is 44.4 Å². The Hall–Kier alpha value is -2.90. The van der Waals surface area contributed by atoms with Gasteiger partial charge in [0.1, 0.15) is 18.7 Å². The van der Waals surface area contributed by atoms with Gasteiger partial charge in [-0.25, -0.2) is 9.69 Å². The largest absolute Gasteiger partial charge is 0.444 e. The fraction of sp³-hybridized carbons (Fsp3) is 0.444. The van der Waals surface area contributed by atoms with Gasteiger partial charge in [-0.05, 0) is 24.8 Å². The number of rotatable bonds is 4. The molecular formula is C18H21N3O5. The van der Waals surface area contributed by atoms with Crippen molar-refractivity contribution in [3.8, 4) is 0 Å². The molecule has 2 saturated heterocycles. The van der Waals surface area contributed by atoms with E-state index in [1.165, 1.54) is 4.90 Å². The van der Waals surface area contributed by atoms with Crippen LogP contribution in [0.2, 0.25) is 0 Å². The second-order valence-corrected chi connectivity index (χ2v) is 6.45. The van der Waals surface area contributed by atoms with Crippen molar-refractivity contribution in [1.82, 2.24) is 9.80 Å². The Kier molecular flexibility index (Phi) is 5.20. The van der Waals surface area contributed by atoms with E-state index in [-0.39, 0.29) is 19.4 Å².